The second kappa shape index (κ2) is 5.59. The van der Waals surface area contributed by atoms with Crippen molar-refractivity contribution in [2.75, 3.05) is 5.32 Å². The van der Waals surface area contributed by atoms with Crippen LogP contribution >= 0.6 is 15.9 Å². The van der Waals surface area contributed by atoms with Crippen LogP contribution in [0.15, 0.2) is 15.5 Å². The maximum atomic E-state index is 12.2. The number of carbonyl (C=O) groups excluding carboxylic acids is 2. The summed E-state index contributed by atoms with van der Waals surface area (Å²) in [4.78, 5) is 35.0. The molecule has 2 fully saturated rings. The fourth-order valence-corrected chi connectivity index (χ4v) is 2.68. The summed E-state index contributed by atoms with van der Waals surface area (Å²) in [6.45, 7) is 0.635. The quantitative estimate of drug-likeness (QED) is 0.773. The molecule has 2 N–H and O–H groups in total. The van der Waals surface area contributed by atoms with Gasteiger partial charge in [-0.05, 0) is 41.1 Å². The van der Waals surface area contributed by atoms with Crippen LogP contribution in [-0.2, 0) is 16.1 Å². The molecule has 3 rings (SSSR count). The van der Waals surface area contributed by atoms with E-state index in [2.05, 4.69) is 31.7 Å². The third kappa shape index (κ3) is 3.15. The van der Waals surface area contributed by atoms with E-state index in [1.54, 1.807) is 0 Å². The molecule has 2 amide bonds. The number of carbonyl (C=O) groups is 2. The Labute approximate surface area is 129 Å². The fraction of sp³-hybridized carbons (Fsp3) is 0.538. The second-order valence-corrected chi connectivity index (χ2v) is 6.24. The largest absolute Gasteiger partial charge is 0.371 e. The van der Waals surface area contributed by atoms with E-state index < -0.39 is 6.04 Å². The van der Waals surface area contributed by atoms with Crippen molar-refractivity contribution in [3.63, 3.8) is 0 Å². The molecule has 1 aromatic heterocycles. The highest BCUT2D eigenvalue weighted by atomic mass is 79.9. The number of halogens is 1. The third-order valence-corrected chi connectivity index (χ3v) is 4.45. The predicted molar refractivity (Wildman–Crippen MR) is 78.7 cm³/mol. The maximum Gasteiger partial charge on any atom is 0.283 e. The molecule has 1 unspecified atom stereocenters. The van der Waals surface area contributed by atoms with Gasteiger partial charge in [0.05, 0.1) is 11.9 Å². The molecular weight excluding hydrogens is 340 g/mol. The average Bonchev–Trinajstić information content (AvgIpc) is 3.25. The minimum atomic E-state index is -0.528. The molecule has 0 aromatic carbocycles. The molecule has 112 valence electrons. The van der Waals surface area contributed by atoms with E-state index >= 15 is 0 Å². The first-order chi connectivity index (χ1) is 10.0. The van der Waals surface area contributed by atoms with Crippen LogP contribution in [0.2, 0.25) is 0 Å². The number of anilines is 1. The summed E-state index contributed by atoms with van der Waals surface area (Å²) in [5.74, 6) is -0.0913. The molecule has 21 heavy (non-hydrogen) atoms. The first-order valence-corrected chi connectivity index (χ1v) is 7.69. The minimum Gasteiger partial charge on any atom is -0.371 e. The first kappa shape index (κ1) is 14.2. The minimum absolute atomic E-state index is 0.209. The SMILES string of the molecule is O=C1CCC(Nc2cnn(CC3CC3)c(=O)c2Br)C(=O)N1. The molecule has 2 aliphatic rings. The van der Waals surface area contributed by atoms with Crippen molar-refractivity contribution in [2.45, 2.75) is 38.3 Å². The zero-order valence-corrected chi connectivity index (χ0v) is 12.9. The highest BCUT2D eigenvalue weighted by Gasteiger charge is 2.28. The topological polar surface area (TPSA) is 93.1 Å². The zero-order valence-electron chi connectivity index (χ0n) is 11.3. The van der Waals surface area contributed by atoms with Crippen molar-refractivity contribution in [3.05, 3.63) is 21.0 Å². The van der Waals surface area contributed by atoms with Crippen molar-refractivity contribution >= 4 is 33.4 Å². The zero-order chi connectivity index (χ0) is 15.0. The molecule has 2 heterocycles. The molecule has 1 saturated heterocycles. The van der Waals surface area contributed by atoms with Crippen molar-refractivity contribution < 1.29 is 9.59 Å². The van der Waals surface area contributed by atoms with Gasteiger partial charge in [0.15, 0.2) is 0 Å². The van der Waals surface area contributed by atoms with Crippen LogP contribution in [-0.4, -0.2) is 27.6 Å². The Hall–Kier alpha value is -1.70. The lowest BCUT2D eigenvalue weighted by Gasteiger charge is -2.23. The van der Waals surface area contributed by atoms with Gasteiger partial charge in [-0.15, -0.1) is 0 Å². The summed E-state index contributed by atoms with van der Waals surface area (Å²) >= 11 is 3.27. The molecule has 1 atom stereocenters. The third-order valence-electron chi connectivity index (χ3n) is 3.68. The Morgan fingerprint density at radius 3 is 2.76 bits per heavy atom. The van der Waals surface area contributed by atoms with Gasteiger partial charge in [-0.3, -0.25) is 19.7 Å². The molecule has 0 spiro atoms. The predicted octanol–water partition coefficient (Wildman–Crippen LogP) is 0.633. The Bertz CT molecular complexity index is 653. The smallest absolute Gasteiger partial charge is 0.283 e. The summed E-state index contributed by atoms with van der Waals surface area (Å²) in [7, 11) is 0. The number of hydrogen-bond acceptors (Lipinski definition) is 5. The molecule has 0 bridgehead atoms. The molecular formula is C13H15BrN4O3. The van der Waals surface area contributed by atoms with E-state index in [0.29, 0.717) is 29.0 Å². The number of imide groups is 1. The number of amides is 2. The van der Waals surface area contributed by atoms with Crippen LogP contribution < -0.4 is 16.2 Å². The van der Waals surface area contributed by atoms with Gasteiger partial charge < -0.3 is 5.32 Å². The van der Waals surface area contributed by atoms with Crippen molar-refractivity contribution in [2.24, 2.45) is 5.92 Å². The van der Waals surface area contributed by atoms with Gasteiger partial charge in [-0.2, -0.15) is 5.10 Å². The van der Waals surface area contributed by atoms with Gasteiger partial charge in [0.25, 0.3) is 5.56 Å². The number of nitrogens with one attached hydrogen (secondary N) is 2. The van der Waals surface area contributed by atoms with Crippen LogP contribution in [0.3, 0.4) is 0 Å². The molecule has 1 aliphatic heterocycles. The first-order valence-electron chi connectivity index (χ1n) is 6.90. The lowest BCUT2D eigenvalue weighted by Crippen LogP contribution is -2.47. The van der Waals surface area contributed by atoms with Crippen molar-refractivity contribution in [3.8, 4) is 0 Å². The highest BCUT2D eigenvalue weighted by molar-refractivity contribution is 9.10. The average molecular weight is 355 g/mol. The number of nitrogens with zero attached hydrogens (tertiary/aromatic N) is 2. The van der Waals surface area contributed by atoms with Gasteiger partial charge in [0, 0.05) is 13.0 Å². The van der Waals surface area contributed by atoms with Crippen LogP contribution in [0.1, 0.15) is 25.7 Å². The van der Waals surface area contributed by atoms with Gasteiger partial charge in [-0.1, -0.05) is 0 Å². The van der Waals surface area contributed by atoms with Crippen molar-refractivity contribution in [1.82, 2.24) is 15.1 Å². The van der Waals surface area contributed by atoms with Crippen LogP contribution in [0.25, 0.3) is 0 Å². The lowest BCUT2D eigenvalue weighted by atomic mass is 10.1. The van der Waals surface area contributed by atoms with Gasteiger partial charge in [-0.25, -0.2) is 4.68 Å². The van der Waals surface area contributed by atoms with E-state index in [1.165, 1.54) is 10.9 Å². The van der Waals surface area contributed by atoms with Crippen LogP contribution in [0, 0.1) is 5.92 Å². The summed E-state index contributed by atoms with van der Waals surface area (Å²) < 4.78 is 1.81. The van der Waals surface area contributed by atoms with Crippen molar-refractivity contribution in [1.29, 1.82) is 0 Å². The number of hydrogen-bond donors (Lipinski definition) is 2. The molecule has 1 aliphatic carbocycles. The number of aromatic nitrogens is 2. The van der Waals surface area contributed by atoms with E-state index in [-0.39, 0.29) is 23.8 Å². The number of rotatable bonds is 4. The summed E-state index contributed by atoms with van der Waals surface area (Å²) in [5, 5.41) is 9.38. The Kier molecular flexibility index (Phi) is 3.79. The Balaban J connectivity index is 1.76. The fourth-order valence-electron chi connectivity index (χ4n) is 2.26. The summed E-state index contributed by atoms with van der Waals surface area (Å²) in [6, 6.07) is -0.528. The number of piperidine rings is 1. The molecule has 7 nitrogen and oxygen atoms in total. The van der Waals surface area contributed by atoms with Gasteiger partial charge in [0.2, 0.25) is 11.8 Å². The van der Waals surface area contributed by atoms with E-state index in [4.69, 9.17) is 0 Å². The molecule has 8 heteroatoms. The lowest BCUT2D eigenvalue weighted by molar-refractivity contribution is -0.133. The normalized spacial score (nSPS) is 22.0. The standard InChI is InChI=1S/C13H15BrN4O3/c14-11-9(16-8-3-4-10(19)17-12(8)20)5-15-18(13(11)21)6-7-1-2-7/h5,7-8,16H,1-4,6H2,(H,17,19,20). The Morgan fingerprint density at radius 2 is 2.10 bits per heavy atom. The maximum absolute atomic E-state index is 12.2. The van der Waals surface area contributed by atoms with E-state index in [0.717, 1.165) is 12.8 Å². The summed E-state index contributed by atoms with van der Waals surface area (Å²) in [6.07, 6.45) is 4.51. The van der Waals surface area contributed by atoms with Crippen LogP contribution in [0.4, 0.5) is 5.69 Å². The Morgan fingerprint density at radius 1 is 1.33 bits per heavy atom. The second-order valence-electron chi connectivity index (χ2n) is 5.45. The van der Waals surface area contributed by atoms with E-state index in [1.807, 2.05) is 0 Å². The monoisotopic (exact) mass is 354 g/mol. The molecule has 1 aromatic rings. The van der Waals surface area contributed by atoms with Crippen LogP contribution in [0.5, 0.6) is 0 Å². The summed E-state index contributed by atoms with van der Waals surface area (Å²) in [5.41, 5.74) is 0.265. The van der Waals surface area contributed by atoms with Gasteiger partial charge >= 0.3 is 0 Å². The van der Waals surface area contributed by atoms with Gasteiger partial charge in [0.1, 0.15) is 10.5 Å². The highest BCUT2D eigenvalue weighted by Crippen LogP contribution is 2.30. The molecule has 0 radical (unpaired) electrons. The molecule has 1 saturated carbocycles. The van der Waals surface area contributed by atoms with E-state index in [9.17, 15) is 14.4 Å².